The molecule has 0 aromatic heterocycles. The lowest BCUT2D eigenvalue weighted by Crippen LogP contribution is -2.50. The SMILES string of the molecule is CC1CCC2CN=C(NCC3CC4(C3)CC43CC3)N2C1.I. The first-order valence-corrected chi connectivity index (χ1v) is 8.75. The van der Waals surface area contributed by atoms with Crippen molar-refractivity contribution in [3.8, 4) is 0 Å². The van der Waals surface area contributed by atoms with Crippen molar-refractivity contribution in [1.29, 1.82) is 0 Å². The number of hydrogen-bond donors (Lipinski definition) is 1. The number of guanidine groups is 1. The van der Waals surface area contributed by atoms with Gasteiger partial charge in [0, 0.05) is 13.1 Å². The molecular formula is C17H28IN3. The topological polar surface area (TPSA) is 27.6 Å². The van der Waals surface area contributed by atoms with E-state index in [-0.39, 0.29) is 24.0 Å². The van der Waals surface area contributed by atoms with Gasteiger partial charge < -0.3 is 10.2 Å². The van der Waals surface area contributed by atoms with Gasteiger partial charge in [-0.15, -0.1) is 24.0 Å². The number of aliphatic imine (C=N–C) groups is 1. The highest BCUT2D eigenvalue weighted by atomic mass is 127. The molecule has 4 heteroatoms. The summed E-state index contributed by atoms with van der Waals surface area (Å²) in [4.78, 5) is 7.33. The summed E-state index contributed by atoms with van der Waals surface area (Å²) in [6.07, 6.45) is 10.4. The molecule has 21 heavy (non-hydrogen) atoms. The Hall–Kier alpha value is 0. The van der Waals surface area contributed by atoms with Crippen LogP contribution in [0.15, 0.2) is 4.99 Å². The molecule has 2 unspecified atom stereocenters. The van der Waals surface area contributed by atoms with Gasteiger partial charge in [-0.05, 0) is 67.6 Å². The fourth-order valence-corrected chi connectivity index (χ4v) is 5.56. The third-order valence-corrected chi connectivity index (χ3v) is 7.10. The second-order valence-corrected chi connectivity index (χ2v) is 8.55. The highest BCUT2D eigenvalue weighted by Gasteiger charge is 2.76. The smallest absolute Gasteiger partial charge is 0.194 e. The summed E-state index contributed by atoms with van der Waals surface area (Å²) in [6, 6.07) is 0.708. The first-order valence-electron chi connectivity index (χ1n) is 8.75. The second kappa shape index (κ2) is 4.75. The van der Waals surface area contributed by atoms with Gasteiger partial charge in [0.25, 0.3) is 0 Å². The zero-order chi connectivity index (χ0) is 13.4. The highest BCUT2D eigenvalue weighted by Crippen LogP contribution is 2.86. The van der Waals surface area contributed by atoms with E-state index in [1.165, 1.54) is 44.7 Å². The molecule has 0 aromatic carbocycles. The van der Waals surface area contributed by atoms with Crippen molar-refractivity contribution in [3.63, 3.8) is 0 Å². The molecule has 2 heterocycles. The lowest BCUT2D eigenvalue weighted by molar-refractivity contribution is 0.143. The molecule has 118 valence electrons. The highest BCUT2D eigenvalue weighted by molar-refractivity contribution is 14.0. The van der Waals surface area contributed by atoms with E-state index in [0.717, 1.165) is 29.2 Å². The van der Waals surface area contributed by atoms with Crippen LogP contribution in [0.4, 0.5) is 0 Å². The van der Waals surface area contributed by atoms with E-state index in [4.69, 9.17) is 4.99 Å². The van der Waals surface area contributed by atoms with Gasteiger partial charge in [0.15, 0.2) is 5.96 Å². The van der Waals surface area contributed by atoms with Crippen molar-refractivity contribution in [2.24, 2.45) is 27.7 Å². The second-order valence-electron chi connectivity index (χ2n) is 8.55. The Morgan fingerprint density at radius 3 is 2.76 bits per heavy atom. The summed E-state index contributed by atoms with van der Waals surface area (Å²) in [5.74, 6) is 2.99. The summed E-state index contributed by atoms with van der Waals surface area (Å²) in [7, 11) is 0. The monoisotopic (exact) mass is 401 g/mol. The van der Waals surface area contributed by atoms with Crippen LogP contribution in [0.3, 0.4) is 0 Å². The number of nitrogens with zero attached hydrogens (tertiary/aromatic N) is 2. The molecule has 5 rings (SSSR count). The van der Waals surface area contributed by atoms with E-state index >= 15 is 0 Å². The maximum absolute atomic E-state index is 4.77. The number of fused-ring (bicyclic) bond motifs is 2. The van der Waals surface area contributed by atoms with Gasteiger partial charge in [0.1, 0.15) is 0 Å². The molecule has 5 aliphatic rings. The Kier molecular flexibility index (Phi) is 3.30. The minimum Gasteiger partial charge on any atom is -0.356 e. The minimum absolute atomic E-state index is 0. The molecule has 0 radical (unpaired) electrons. The first-order chi connectivity index (χ1) is 9.70. The zero-order valence-electron chi connectivity index (χ0n) is 13.1. The molecule has 4 fully saturated rings. The molecule has 2 spiro atoms. The van der Waals surface area contributed by atoms with Crippen molar-refractivity contribution in [3.05, 3.63) is 0 Å². The van der Waals surface area contributed by atoms with E-state index in [0.29, 0.717) is 6.04 Å². The van der Waals surface area contributed by atoms with Crippen LogP contribution in [-0.2, 0) is 0 Å². The predicted octanol–water partition coefficient (Wildman–Crippen LogP) is 3.24. The van der Waals surface area contributed by atoms with E-state index in [1.54, 1.807) is 19.3 Å². The van der Waals surface area contributed by atoms with Gasteiger partial charge >= 0.3 is 0 Å². The molecule has 1 N–H and O–H groups in total. The summed E-state index contributed by atoms with van der Waals surface area (Å²) in [5.41, 5.74) is 1.74. The summed E-state index contributed by atoms with van der Waals surface area (Å²) in [5, 5.41) is 3.69. The summed E-state index contributed by atoms with van der Waals surface area (Å²) < 4.78 is 0. The van der Waals surface area contributed by atoms with E-state index < -0.39 is 0 Å². The average molecular weight is 401 g/mol. The molecule has 3 aliphatic carbocycles. The van der Waals surface area contributed by atoms with Crippen LogP contribution in [0.25, 0.3) is 0 Å². The number of nitrogens with one attached hydrogen (secondary N) is 1. The van der Waals surface area contributed by atoms with Gasteiger partial charge in [-0.25, -0.2) is 0 Å². The Balaban J connectivity index is 0.00000115. The summed E-state index contributed by atoms with van der Waals surface area (Å²) in [6.45, 7) is 5.80. The Morgan fingerprint density at radius 1 is 1.24 bits per heavy atom. The quantitative estimate of drug-likeness (QED) is 0.720. The molecule has 2 aliphatic heterocycles. The van der Waals surface area contributed by atoms with Crippen LogP contribution < -0.4 is 5.32 Å². The van der Waals surface area contributed by atoms with Crippen LogP contribution in [0.2, 0.25) is 0 Å². The summed E-state index contributed by atoms with van der Waals surface area (Å²) >= 11 is 0. The van der Waals surface area contributed by atoms with Crippen LogP contribution in [0.5, 0.6) is 0 Å². The van der Waals surface area contributed by atoms with E-state index in [9.17, 15) is 0 Å². The molecule has 3 saturated carbocycles. The standard InChI is InChI=1S/C17H27N3.HI/c1-12-2-3-14-9-19-15(20(14)10-12)18-8-13-6-17(7-13)11-16(17)4-5-16;/h12-14H,2-11H2,1H3,(H,18,19);1H. The van der Waals surface area contributed by atoms with Gasteiger partial charge in [0.05, 0.1) is 12.6 Å². The van der Waals surface area contributed by atoms with Crippen LogP contribution in [-0.4, -0.2) is 36.5 Å². The fourth-order valence-electron chi connectivity index (χ4n) is 5.56. The number of hydrogen-bond acceptors (Lipinski definition) is 3. The van der Waals surface area contributed by atoms with E-state index in [2.05, 4.69) is 17.1 Å². The minimum atomic E-state index is 0. The van der Waals surface area contributed by atoms with Gasteiger partial charge in [0.2, 0.25) is 0 Å². The fraction of sp³-hybridized carbons (Fsp3) is 0.941. The number of rotatable bonds is 2. The number of piperidine rings is 1. The van der Waals surface area contributed by atoms with Crippen LogP contribution >= 0.6 is 24.0 Å². The zero-order valence-corrected chi connectivity index (χ0v) is 15.4. The van der Waals surface area contributed by atoms with Crippen molar-refractivity contribution in [2.75, 3.05) is 19.6 Å². The molecular weight excluding hydrogens is 373 g/mol. The van der Waals surface area contributed by atoms with Crippen molar-refractivity contribution < 1.29 is 0 Å². The third-order valence-electron chi connectivity index (χ3n) is 7.10. The molecule has 1 saturated heterocycles. The third kappa shape index (κ3) is 2.14. The average Bonchev–Trinajstić information content (AvgIpc) is 3.27. The Bertz CT molecular complexity index is 465. The van der Waals surface area contributed by atoms with Gasteiger partial charge in [-0.2, -0.15) is 0 Å². The molecule has 0 aromatic rings. The van der Waals surface area contributed by atoms with Gasteiger partial charge in [-0.3, -0.25) is 4.99 Å². The molecule has 0 bridgehead atoms. The van der Waals surface area contributed by atoms with Crippen LogP contribution in [0.1, 0.15) is 51.9 Å². The molecule has 3 nitrogen and oxygen atoms in total. The van der Waals surface area contributed by atoms with Crippen molar-refractivity contribution in [1.82, 2.24) is 10.2 Å². The lowest BCUT2D eigenvalue weighted by atomic mass is 9.70. The first kappa shape index (κ1) is 14.6. The van der Waals surface area contributed by atoms with Gasteiger partial charge in [-0.1, -0.05) is 6.92 Å². The lowest BCUT2D eigenvalue weighted by Gasteiger charge is -2.39. The number of halogens is 1. The normalized spacial score (nSPS) is 44.7. The van der Waals surface area contributed by atoms with Crippen molar-refractivity contribution in [2.45, 2.75) is 57.9 Å². The molecule has 0 amide bonds. The van der Waals surface area contributed by atoms with Crippen molar-refractivity contribution >= 4 is 29.9 Å². The molecule has 2 atom stereocenters. The Labute approximate surface area is 145 Å². The maximum Gasteiger partial charge on any atom is 0.194 e. The Morgan fingerprint density at radius 2 is 2.05 bits per heavy atom. The maximum atomic E-state index is 4.77. The van der Waals surface area contributed by atoms with Crippen LogP contribution in [0, 0.1) is 22.7 Å². The van der Waals surface area contributed by atoms with E-state index in [1.807, 2.05) is 0 Å². The largest absolute Gasteiger partial charge is 0.356 e. The predicted molar refractivity (Wildman–Crippen MR) is 96.1 cm³/mol.